The van der Waals surface area contributed by atoms with Gasteiger partial charge in [0.2, 0.25) is 0 Å². The molecule has 0 aromatic carbocycles. The topological polar surface area (TPSA) is 73.9 Å². The smallest absolute Gasteiger partial charge is 0.168 e. The van der Waals surface area contributed by atoms with Gasteiger partial charge in [-0.1, -0.05) is 5.21 Å². The zero-order valence-electron chi connectivity index (χ0n) is 14.4. The lowest BCUT2D eigenvalue weighted by atomic mass is 10.3. The summed E-state index contributed by atoms with van der Waals surface area (Å²) in [4.78, 5) is 12.6. The summed E-state index contributed by atoms with van der Waals surface area (Å²) in [7, 11) is 1.97. The normalized spacial score (nSPS) is 15.8. The fourth-order valence-electron chi connectivity index (χ4n) is 2.89. The lowest BCUT2D eigenvalue weighted by Gasteiger charge is -2.26. The first kappa shape index (κ1) is 16.4. The van der Waals surface area contributed by atoms with E-state index in [4.69, 9.17) is 9.72 Å². The van der Waals surface area contributed by atoms with Crippen molar-refractivity contribution >= 4 is 11.3 Å². The van der Waals surface area contributed by atoms with Crippen molar-refractivity contribution in [3.8, 4) is 22.2 Å². The summed E-state index contributed by atoms with van der Waals surface area (Å²) in [5, 5.41) is 9.48. The second-order valence-corrected chi connectivity index (χ2v) is 7.31. The Labute approximate surface area is 150 Å². The van der Waals surface area contributed by atoms with Crippen molar-refractivity contribution in [3.05, 3.63) is 23.5 Å². The van der Waals surface area contributed by atoms with Gasteiger partial charge in [0.15, 0.2) is 10.8 Å². The molecule has 0 radical (unpaired) electrons. The van der Waals surface area contributed by atoms with Crippen LogP contribution in [0.5, 0.6) is 0 Å². The highest BCUT2D eigenvalue weighted by Gasteiger charge is 2.17. The minimum atomic E-state index is 0.816. The number of hydrogen-bond acceptors (Lipinski definition) is 7. The quantitative estimate of drug-likeness (QED) is 0.686. The van der Waals surface area contributed by atoms with Gasteiger partial charge >= 0.3 is 0 Å². The molecular weight excluding hydrogens is 338 g/mol. The fourth-order valence-corrected chi connectivity index (χ4v) is 3.85. The van der Waals surface area contributed by atoms with Gasteiger partial charge in [-0.05, 0) is 6.92 Å². The molecular formula is C16H21N7OS. The molecule has 0 spiro atoms. The third-order valence-electron chi connectivity index (χ3n) is 4.34. The molecule has 3 aromatic heterocycles. The van der Waals surface area contributed by atoms with Gasteiger partial charge < -0.3 is 9.30 Å². The molecule has 132 valence electrons. The molecule has 1 saturated heterocycles. The lowest BCUT2D eigenvalue weighted by Crippen LogP contribution is -2.38. The molecule has 1 fully saturated rings. The van der Waals surface area contributed by atoms with Crippen LogP contribution in [0.2, 0.25) is 0 Å². The Balaban J connectivity index is 1.48. The number of morpholine rings is 1. The number of ether oxygens (including phenoxy) is 1. The zero-order chi connectivity index (χ0) is 17.2. The van der Waals surface area contributed by atoms with Gasteiger partial charge in [0.25, 0.3) is 0 Å². The van der Waals surface area contributed by atoms with Crippen LogP contribution in [0.3, 0.4) is 0 Å². The van der Waals surface area contributed by atoms with Crippen LogP contribution in [0.1, 0.15) is 4.88 Å². The van der Waals surface area contributed by atoms with E-state index in [1.807, 2.05) is 28.7 Å². The minimum Gasteiger partial charge on any atom is -0.379 e. The van der Waals surface area contributed by atoms with Gasteiger partial charge in [-0.15, -0.1) is 16.4 Å². The number of hydrogen-bond donors (Lipinski definition) is 0. The van der Waals surface area contributed by atoms with E-state index in [-0.39, 0.29) is 0 Å². The first-order chi connectivity index (χ1) is 12.2. The molecule has 25 heavy (non-hydrogen) atoms. The van der Waals surface area contributed by atoms with E-state index in [0.717, 1.165) is 66.5 Å². The number of aryl methyl sites for hydroxylation is 2. The van der Waals surface area contributed by atoms with E-state index in [2.05, 4.69) is 27.1 Å². The van der Waals surface area contributed by atoms with Gasteiger partial charge in [-0.25, -0.2) is 9.97 Å². The SMILES string of the molecule is Cc1sc(-c2nccn2C)nc1-c1cn(CCN2CCOCC2)nn1. The summed E-state index contributed by atoms with van der Waals surface area (Å²) in [6.07, 6.45) is 5.69. The lowest BCUT2D eigenvalue weighted by molar-refractivity contribution is 0.0359. The predicted molar refractivity (Wildman–Crippen MR) is 95.3 cm³/mol. The molecule has 0 N–H and O–H groups in total. The number of rotatable bonds is 5. The molecule has 4 rings (SSSR count). The van der Waals surface area contributed by atoms with Gasteiger partial charge in [0, 0.05) is 44.0 Å². The Hall–Kier alpha value is -2.10. The van der Waals surface area contributed by atoms with Crippen LogP contribution in [0, 0.1) is 6.92 Å². The van der Waals surface area contributed by atoms with Crippen molar-refractivity contribution in [1.82, 2.24) is 34.4 Å². The highest BCUT2D eigenvalue weighted by atomic mass is 32.1. The van der Waals surface area contributed by atoms with Crippen molar-refractivity contribution in [3.63, 3.8) is 0 Å². The molecule has 8 nitrogen and oxygen atoms in total. The maximum atomic E-state index is 5.38. The van der Waals surface area contributed by atoms with E-state index in [1.165, 1.54) is 0 Å². The zero-order valence-corrected chi connectivity index (χ0v) is 15.2. The second kappa shape index (κ2) is 7.03. The van der Waals surface area contributed by atoms with Crippen molar-refractivity contribution in [1.29, 1.82) is 0 Å². The Morgan fingerprint density at radius 1 is 1.24 bits per heavy atom. The molecule has 0 bridgehead atoms. The maximum absolute atomic E-state index is 5.38. The number of aromatic nitrogens is 6. The average Bonchev–Trinajstić information content (AvgIpc) is 3.33. The largest absolute Gasteiger partial charge is 0.379 e. The molecule has 0 unspecified atom stereocenters. The predicted octanol–water partition coefficient (Wildman–Crippen LogP) is 1.44. The number of nitrogens with zero attached hydrogens (tertiary/aromatic N) is 7. The minimum absolute atomic E-state index is 0.816. The van der Waals surface area contributed by atoms with Gasteiger partial charge in [0.05, 0.1) is 26.0 Å². The van der Waals surface area contributed by atoms with Crippen LogP contribution < -0.4 is 0 Å². The summed E-state index contributed by atoms with van der Waals surface area (Å²) in [6.45, 7) is 7.45. The number of thiazole rings is 1. The average molecular weight is 359 g/mol. The van der Waals surface area contributed by atoms with Gasteiger partial charge in [-0.2, -0.15) is 0 Å². The third kappa shape index (κ3) is 3.48. The first-order valence-corrected chi connectivity index (χ1v) is 9.18. The Kier molecular flexibility index (Phi) is 4.60. The molecule has 0 amide bonds. The van der Waals surface area contributed by atoms with E-state index in [1.54, 1.807) is 17.5 Å². The standard InChI is InChI=1S/C16H21N7OS/c1-12-14(18-16(25-12)15-17-3-4-21(15)2)13-11-23(20-19-13)6-5-22-7-9-24-10-8-22/h3-4,11H,5-10H2,1-2H3. The summed E-state index contributed by atoms with van der Waals surface area (Å²) in [5.74, 6) is 0.874. The van der Waals surface area contributed by atoms with Crippen LogP contribution in [0.4, 0.5) is 0 Å². The van der Waals surface area contributed by atoms with Crippen molar-refractivity contribution in [2.24, 2.45) is 7.05 Å². The van der Waals surface area contributed by atoms with Gasteiger partial charge in [-0.3, -0.25) is 9.58 Å². The Bertz CT molecular complexity index is 846. The van der Waals surface area contributed by atoms with Crippen molar-refractivity contribution in [2.45, 2.75) is 13.5 Å². The van der Waals surface area contributed by atoms with Crippen LogP contribution in [-0.2, 0) is 18.3 Å². The molecule has 0 saturated carbocycles. The summed E-state index contributed by atoms with van der Waals surface area (Å²) < 4.78 is 9.24. The van der Waals surface area contributed by atoms with Crippen LogP contribution in [-0.4, -0.2) is 67.3 Å². The van der Waals surface area contributed by atoms with E-state index in [9.17, 15) is 0 Å². The fraction of sp³-hybridized carbons (Fsp3) is 0.500. The van der Waals surface area contributed by atoms with Crippen LogP contribution in [0.15, 0.2) is 18.6 Å². The molecule has 3 aromatic rings. The van der Waals surface area contributed by atoms with E-state index >= 15 is 0 Å². The Morgan fingerprint density at radius 2 is 2.08 bits per heavy atom. The van der Waals surface area contributed by atoms with Gasteiger partial charge in [0.1, 0.15) is 11.4 Å². The van der Waals surface area contributed by atoms with E-state index in [0.29, 0.717) is 0 Å². The van der Waals surface area contributed by atoms with Crippen LogP contribution in [0.25, 0.3) is 22.2 Å². The summed E-state index contributed by atoms with van der Waals surface area (Å²) in [5.41, 5.74) is 1.71. The number of imidazole rings is 1. The monoisotopic (exact) mass is 359 g/mol. The molecule has 9 heteroatoms. The summed E-state index contributed by atoms with van der Waals surface area (Å²) >= 11 is 1.63. The highest BCUT2D eigenvalue weighted by Crippen LogP contribution is 2.31. The second-order valence-electron chi connectivity index (χ2n) is 6.11. The van der Waals surface area contributed by atoms with Crippen LogP contribution >= 0.6 is 11.3 Å². The first-order valence-electron chi connectivity index (χ1n) is 8.36. The molecule has 0 aliphatic carbocycles. The highest BCUT2D eigenvalue weighted by molar-refractivity contribution is 7.15. The molecule has 0 atom stereocenters. The maximum Gasteiger partial charge on any atom is 0.168 e. The molecule has 1 aliphatic rings. The van der Waals surface area contributed by atoms with Crippen molar-refractivity contribution in [2.75, 3.05) is 32.8 Å². The third-order valence-corrected chi connectivity index (χ3v) is 5.31. The summed E-state index contributed by atoms with van der Waals surface area (Å²) in [6, 6.07) is 0. The Morgan fingerprint density at radius 3 is 2.84 bits per heavy atom. The molecule has 1 aliphatic heterocycles. The van der Waals surface area contributed by atoms with Crippen molar-refractivity contribution < 1.29 is 4.74 Å². The van der Waals surface area contributed by atoms with E-state index < -0.39 is 0 Å². The molecule has 4 heterocycles.